The lowest BCUT2D eigenvalue weighted by molar-refractivity contribution is -0.116. The first-order chi connectivity index (χ1) is 16.1. The Morgan fingerprint density at radius 1 is 1.09 bits per heavy atom. The molecule has 2 aromatic heterocycles. The van der Waals surface area contributed by atoms with Crippen molar-refractivity contribution in [3.63, 3.8) is 0 Å². The summed E-state index contributed by atoms with van der Waals surface area (Å²) in [5.41, 5.74) is 5.98. The van der Waals surface area contributed by atoms with Crippen LogP contribution in [0.25, 0.3) is 16.5 Å². The van der Waals surface area contributed by atoms with Gasteiger partial charge in [0.25, 0.3) is 11.5 Å². The Balaban J connectivity index is 1.67. The van der Waals surface area contributed by atoms with Crippen molar-refractivity contribution in [1.82, 2.24) is 4.57 Å². The molecule has 0 unspecified atom stereocenters. The highest BCUT2D eigenvalue weighted by Crippen LogP contribution is 2.22. The van der Waals surface area contributed by atoms with E-state index < -0.39 is 38.7 Å². The van der Waals surface area contributed by atoms with Crippen molar-refractivity contribution in [2.24, 2.45) is 5.73 Å². The maximum absolute atomic E-state index is 15.0. The van der Waals surface area contributed by atoms with E-state index in [9.17, 15) is 22.8 Å². The van der Waals surface area contributed by atoms with Crippen LogP contribution in [0.2, 0.25) is 0 Å². The number of aryl methyl sites for hydroxylation is 1. The number of hydrogen-bond donors (Lipinski definition) is 1. The Hall–Kier alpha value is -3.63. The number of amides is 1. The van der Waals surface area contributed by atoms with Gasteiger partial charge in [-0.15, -0.1) is 11.3 Å². The van der Waals surface area contributed by atoms with Gasteiger partial charge >= 0.3 is 0 Å². The van der Waals surface area contributed by atoms with Crippen LogP contribution in [0.5, 0.6) is 0 Å². The van der Waals surface area contributed by atoms with Gasteiger partial charge in [-0.25, -0.2) is 12.8 Å². The van der Waals surface area contributed by atoms with E-state index in [1.807, 2.05) is 0 Å². The van der Waals surface area contributed by atoms with E-state index >= 15 is 4.39 Å². The topological polar surface area (TPSA) is 116 Å². The molecule has 0 bridgehead atoms. The molecule has 10 heteroatoms. The highest BCUT2D eigenvalue weighted by atomic mass is 32.2. The lowest BCUT2D eigenvalue weighted by Gasteiger charge is -2.13. The van der Waals surface area contributed by atoms with E-state index in [1.165, 1.54) is 24.4 Å². The molecule has 2 heterocycles. The normalized spacial score (nSPS) is 11.6. The number of nitrogens with zero attached hydrogens (tertiary/aromatic N) is 1. The van der Waals surface area contributed by atoms with Crippen LogP contribution in [0.15, 0.2) is 69.1 Å². The average Bonchev–Trinajstić information content (AvgIpc) is 3.30. The molecule has 0 atom stereocenters. The molecular formula is C24H19FN2O5S2. The van der Waals surface area contributed by atoms with Gasteiger partial charge in [-0.2, -0.15) is 0 Å². The predicted molar refractivity (Wildman–Crippen MR) is 128 cm³/mol. The van der Waals surface area contributed by atoms with Crippen molar-refractivity contribution in [1.29, 1.82) is 0 Å². The number of aromatic nitrogens is 1. The smallest absolute Gasteiger partial charge is 0.263 e. The molecule has 0 fully saturated rings. The minimum atomic E-state index is -3.75. The summed E-state index contributed by atoms with van der Waals surface area (Å²) >= 11 is 1.02. The van der Waals surface area contributed by atoms with Gasteiger partial charge in [-0.3, -0.25) is 19.0 Å². The number of carbonyl (C=O) groups excluding carboxylic acids is 2. The minimum Gasteiger partial charge on any atom is -0.366 e. The standard InChI is InChI=1S/C24H19FN2O5S2/c1-14-4-6-17-18(9-14)19(23(26)29)12-27(24(17)30)21-7-5-15(11-20(21)25)10-16(28)13-34(31,32)22-3-2-8-33-22/h2-9,11-12H,10,13H2,1H3,(H2,26,29). The Morgan fingerprint density at radius 3 is 2.50 bits per heavy atom. The maximum Gasteiger partial charge on any atom is 0.263 e. The first-order valence-electron chi connectivity index (χ1n) is 10.1. The summed E-state index contributed by atoms with van der Waals surface area (Å²) in [5, 5.41) is 2.19. The van der Waals surface area contributed by atoms with Crippen molar-refractivity contribution in [3.05, 3.63) is 93.0 Å². The third kappa shape index (κ3) is 4.55. The highest BCUT2D eigenvalue weighted by Gasteiger charge is 2.21. The molecule has 1 amide bonds. The number of pyridine rings is 1. The van der Waals surface area contributed by atoms with Crippen molar-refractivity contribution >= 4 is 43.6 Å². The quantitative estimate of drug-likeness (QED) is 0.420. The Labute approximate surface area is 198 Å². The monoisotopic (exact) mass is 498 g/mol. The first kappa shape index (κ1) is 23.5. The van der Waals surface area contributed by atoms with Gasteiger partial charge in [0.2, 0.25) is 0 Å². The second-order valence-electron chi connectivity index (χ2n) is 7.82. The summed E-state index contributed by atoms with van der Waals surface area (Å²) in [6, 6.07) is 11.7. The van der Waals surface area contributed by atoms with E-state index in [-0.39, 0.29) is 32.8 Å². The van der Waals surface area contributed by atoms with Crippen LogP contribution in [0.4, 0.5) is 4.39 Å². The van der Waals surface area contributed by atoms with Gasteiger partial charge in [0.1, 0.15) is 15.8 Å². The highest BCUT2D eigenvalue weighted by molar-refractivity contribution is 7.94. The first-order valence-corrected chi connectivity index (χ1v) is 12.6. The van der Waals surface area contributed by atoms with Gasteiger partial charge in [0.15, 0.2) is 15.6 Å². The number of ketones is 1. The van der Waals surface area contributed by atoms with Crippen LogP contribution in [0.3, 0.4) is 0 Å². The lowest BCUT2D eigenvalue weighted by atomic mass is 10.0. The Morgan fingerprint density at radius 2 is 1.85 bits per heavy atom. The van der Waals surface area contributed by atoms with Gasteiger partial charge in [0.05, 0.1) is 11.3 Å². The number of primary amides is 1. The molecule has 174 valence electrons. The summed E-state index contributed by atoms with van der Waals surface area (Å²) in [6.07, 6.45) is 0.906. The number of hydrogen-bond acceptors (Lipinski definition) is 6. The Kier molecular flexibility index (Phi) is 6.20. The molecule has 7 nitrogen and oxygen atoms in total. The summed E-state index contributed by atoms with van der Waals surface area (Å²) in [4.78, 5) is 37.4. The molecule has 34 heavy (non-hydrogen) atoms. The number of sulfone groups is 1. The van der Waals surface area contributed by atoms with Crippen LogP contribution in [-0.2, 0) is 21.1 Å². The average molecular weight is 499 g/mol. The zero-order chi connectivity index (χ0) is 24.6. The van der Waals surface area contributed by atoms with Crippen LogP contribution >= 0.6 is 11.3 Å². The summed E-state index contributed by atoms with van der Waals surface area (Å²) in [6.45, 7) is 1.81. The third-order valence-corrected chi connectivity index (χ3v) is 8.43. The Bertz CT molecular complexity index is 1610. The zero-order valence-electron chi connectivity index (χ0n) is 17.9. The van der Waals surface area contributed by atoms with E-state index in [0.717, 1.165) is 27.5 Å². The molecule has 4 rings (SSSR count). The number of halogens is 1. The summed E-state index contributed by atoms with van der Waals surface area (Å²) < 4.78 is 40.7. The van der Waals surface area contributed by atoms with Gasteiger partial charge in [-0.1, -0.05) is 29.8 Å². The van der Waals surface area contributed by atoms with Crippen LogP contribution in [0, 0.1) is 12.7 Å². The van der Waals surface area contributed by atoms with Crippen molar-refractivity contribution in [2.75, 3.05) is 5.75 Å². The van der Waals surface area contributed by atoms with Crippen LogP contribution in [-0.4, -0.2) is 30.4 Å². The number of Topliss-reactive ketones (excluding diaryl/α,β-unsaturated/α-hetero) is 1. The van der Waals surface area contributed by atoms with E-state index in [0.29, 0.717) is 5.39 Å². The van der Waals surface area contributed by atoms with Crippen LogP contribution < -0.4 is 11.3 Å². The maximum atomic E-state index is 15.0. The molecule has 2 N–H and O–H groups in total. The molecule has 0 aliphatic heterocycles. The number of rotatable bonds is 7. The molecule has 0 radical (unpaired) electrons. The second-order valence-corrected chi connectivity index (χ2v) is 11.0. The fourth-order valence-corrected chi connectivity index (χ4v) is 6.02. The number of thiophene rings is 1. The number of nitrogens with two attached hydrogens (primary N) is 1. The summed E-state index contributed by atoms with van der Waals surface area (Å²) in [7, 11) is -3.75. The predicted octanol–water partition coefficient (Wildman–Crippen LogP) is 3.18. The molecule has 0 aliphatic carbocycles. The third-order valence-electron chi connectivity index (χ3n) is 5.26. The molecule has 0 aliphatic rings. The zero-order valence-corrected chi connectivity index (χ0v) is 19.6. The SMILES string of the molecule is Cc1ccc2c(=O)n(-c3ccc(CC(=O)CS(=O)(=O)c4cccs4)cc3F)cc(C(N)=O)c2c1. The van der Waals surface area contributed by atoms with Gasteiger partial charge in [-0.05, 0) is 42.1 Å². The van der Waals surface area contributed by atoms with Gasteiger partial charge in [0, 0.05) is 23.4 Å². The molecule has 0 saturated heterocycles. The summed E-state index contributed by atoms with van der Waals surface area (Å²) in [5.74, 6) is -2.85. The minimum absolute atomic E-state index is 0.0655. The molecule has 4 aromatic rings. The molecule has 2 aromatic carbocycles. The van der Waals surface area contributed by atoms with Crippen molar-refractivity contribution in [3.8, 4) is 5.69 Å². The lowest BCUT2D eigenvalue weighted by Crippen LogP contribution is -2.23. The van der Waals surface area contributed by atoms with E-state index in [4.69, 9.17) is 5.73 Å². The number of fused-ring (bicyclic) bond motifs is 1. The fraction of sp³-hybridized carbons (Fsp3) is 0.125. The number of benzene rings is 2. The van der Waals surface area contributed by atoms with Gasteiger partial charge < -0.3 is 5.73 Å². The molecule has 0 saturated carbocycles. The molecular weight excluding hydrogens is 479 g/mol. The number of carbonyl (C=O) groups is 2. The van der Waals surface area contributed by atoms with Crippen molar-refractivity contribution in [2.45, 2.75) is 17.6 Å². The van der Waals surface area contributed by atoms with E-state index in [1.54, 1.807) is 36.6 Å². The largest absolute Gasteiger partial charge is 0.366 e. The molecule has 0 spiro atoms. The fourth-order valence-electron chi connectivity index (χ4n) is 3.69. The van der Waals surface area contributed by atoms with E-state index in [2.05, 4.69) is 0 Å². The van der Waals surface area contributed by atoms with Crippen molar-refractivity contribution < 1.29 is 22.4 Å². The second kappa shape index (κ2) is 8.96. The van der Waals surface area contributed by atoms with Crippen LogP contribution in [0.1, 0.15) is 21.5 Å².